The van der Waals surface area contributed by atoms with Crippen molar-refractivity contribution >= 4 is 27.3 Å². The molecule has 3 rings (SSSR count). The zero-order valence-corrected chi connectivity index (χ0v) is 15.6. The fourth-order valence-electron chi connectivity index (χ4n) is 2.23. The number of hydrogen-bond donors (Lipinski definition) is 1. The Morgan fingerprint density at radius 1 is 1.31 bits per heavy atom. The molecule has 0 atom stereocenters. The Labute approximate surface area is 155 Å². The first-order chi connectivity index (χ1) is 12.5. The van der Waals surface area contributed by atoms with Crippen LogP contribution in [-0.4, -0.2) is 52.2 Å². The molecule has 26 heavy (non-hydrogen) atoms. The van der Waals surface area contributed by atoms with Crippen molar-refractivity contribution in [2.24, 2.45) is 0 Å². The second-order valence-electron chi connectivity index (χ2n) is 5.41. The number of likely N-dealkylation sites (N-methyl/N-ethyl adjacent to an activating group) is 1. The fraction of sp³-hybridized carbons (Fsp3) is 0.312. The van der Waals surface area contributed by atoms with E-state index in [1.807, 2.05) is 0 Å². The second-order valence-corrected chi connectivity index (χ2v) is 8.63. The van der Waals surface area contributed by atoms with Crippen LogP contribution in [0, 0.1) is 0 Å². The van der Waals surface area contributed by atoms with Crippen LogP contribution in [0.2, 0.25) is 0 Å². The molecule has 1 aliphatic rings. The van der Waals surface area contributed by atoms with Crippen LogP contribution in [0.25, 0.3) is 0 Å². The van der Waals surface area contributed by atoms with Gasteiger partial charge in [0.2, 0.25) is 12.7 Å². The van der Waals surface area contributed by atoms with Crippen molar-refractivity contribution in [2.75, 3.05) is 33.5 Å². The number of amides is 1. The van der Waals surface area contributed by atoms with Crippen molar-refractivity contribution in [3.8, 4) is 17.2 Å². The predicted octanol–water partition coefficient (Wildman–Crippen LogP) is 1.29. The van der Waals surface area contributed by atoms with E-state index < -0.39 is 15.9 Å². The Morgan fingerprint density at radius 2 is 2.12 bits per heavy atom. The summed E-state index contributed by atoms with van der Waals surface area (Å²) in [5, 5.41) is 4.31. The van der Waals surface area contributed by atoms with Crippen LogP contribution in [-0.2, 0) is 14.8 Å². The lowest BCUT2D eigenvalue weighted by atomic mass is 10.3. The Morgan fingerprint density at radius 3 is 2.88 bits per heavy atom. The highest BCUT2D eigenvalue weighted by molar-refractivity contribution is 7.91. The molecule has 140 valence electrons. The molecular weight excluding hydrogens is 380 g/mol. The number of carbonyl (C=O) groups is 1. The normalized spacial score (nSPS) is 13.0. The average Bonchev–Trinajstić information content (AvgIpc) is 3.29. The Kier molecular flexibility index (Phi) is 5.64. The van der Waals surface area contributed by atoms with Gasteiger partial charge in [-0.25, -0.2) is 8.42 Å². The van der Waals surface area contributed by atoms with E-state index in [2.05, 4.69) is 5.32 Å². The molecule has 2 heterocycles. The zero-order valence-electron chi connectivity index (χ0n) is 14.0. The van der Waals surface area contributed by atoms with Crippen LogP contribution in [0.3, 0.4) is 0 Å². The number of hydrogen-bond acceptors (Lipinski definition) is 7. The van der Waals surface area contributed by atoms with Gasteiger partial charge >= 0.3 is 0 Å². The molecule has 2 aromatic rings. The summed E-state index contributed by atoms with van der Waals surface area (Å²) in [7, 11) is -2.26. The van der Waals surface area contributed by atoms with E-state index in [9.17, 15) is 13.2 Å². The molecule has 8 nitrogen and oxygen atoms in total. The Bertz CT molecular complexity index is 867. The van der Waals surface area contributed by atoms with Crippen molar-refractivity contribution in [1.82, 2.24) is 9.62 Å². The predicted molar refractivity (Wildman–Crippen MR) is 95.2 cm³/mol. The lowest BCUT2D eigenvalue weighted by Crippen LogP contribution is -2.39. The number of nitrogens with zero attached hydrogens (tertiary/aromatic N) is 1. The molecule has 0 bridgehead atoms. The van der Waals surface area contributed by atoms with Crippen molar-refractivity contribution in [1.29, 1.82) is 0 Å². The van der Waals surface area contributed by atoms with Crippen LogP contribution < -0.4 is 19.5 Å². The summed E-state index contributed by atoms with van der Waals surface area (Å²) in [5.74, 6) is 1.48. The van der Waals surface area contributed by atoms with E-state index >= 15 is 0 Å². The van der Waals surface area contributed by atoms with Gasteiger partial charge in [0, 0.05) is 13.1 Å². The molecule has 10 heteroatoms. The molecule has 1 amide bonds. The summed E-state index contributed by atoms with van der Waals surface area (Å²) < 4.78 is 41.7. The minimum atomic E-state index is -3.64. The second kappa shape index (κ2) is 7.94. The summed E-state index contributed by atoms with van der Waals surface area (Å²) in [6.07, 6.45) is 0. The molecule has 0 aliphatic carbocycles. The maximum atomic E-state index is 12.2. The number of sulfonamides is 1. The average molecular weight is 398 g/mol. The Balaban J connectivity index is 1.41. The molecule has 1 aromatic heterocycles. The third kappa shape index (κ3) is 4.26. The number of rotatable bonds is 8. The number of thiophene rings is 1. The maximum absolute atomic E-state index is 12.2. The first-order valence-electron chi connectivity index (χ1n) is 7.76. The number of nitrogens with one attached hydrogen (secondary N) is 1. The topological polar surface area (TPSA) is 94.2 Å². The SMILES string of the molecule is CN(CC(=O)NCCOc1ccc2c(c1)OCO2)S(=O)(=O)c1cccs1. The van der Waals surface area contributed by atoms with E-state index in [1.165, 1.54) is 13.1 Å². The van der Waals surface area contributed by atoms with Gasteiger partial charge in [-0.2, -0.15) is 4.31 Å². The van der Waals surface area contributed by atoms with Crippen molar-refractivity contribution < 1.29 is 27.4 Å². The number of benzene rings is 1. The lowest BCUT2D eigenvalue weighted by Gasteiger charge is -2.15. The molecule has 1 N–H and O–H groups in total. The number of carbonyl (C=O) groups excluding carboxylic acids is 1. The van der Waals surface area contributed by atoms with Gasteiger partial charge < -0.3 is 19.5 Å². The van der Waals surface area contributed by atoms with Gasteiger partial charge in [-0.3, -0.25) is 4.79 Å². The van der Waals surface area contributed by atoms with Gasteiger partial charge in [0.05, 0.1) is 13.1 Å². The highest BCUT2D eigenvalue weighted by Gasteiger charge is 2.23. The molecule has 0 saturated heterocycles. The summed E-state index contributed by atoms with van der Waals surface area (Å²) in [4.78, 5) is 11.9. The van der Waals surface area contributed by atoms with Crippen LogP contribution in [0.5, 0.6) is 17.2 Å². The first kappa shape index (κ1) is 18.5. The van der Waals surface area contributed by atoms with E-state index in [0.717, 1.165) is 15.6 Å². The maximum Gasteiger partial charge on any atom is 0.252 e. The smallest absolute Gasteiger partial charge is 0.252 e. The van der Waals surface area contributed by atoms with Crippen LogP contribution in [0.1, 0.15) is 0 Å². The summed E-state index contributed by atoms with van der Waals surface area (Å²) in [6.45, 7) is 0.425. The monoisotopic (exact) mass is 398 g/mol. The van der Waals surface area contributed by atoms with Gasteiger partial charge in [0.25, 0.3) is 10.0 Å². The summed E-state index contributed by atoms with van der Waals surface area (Å²) >= 11 is 1.11. The Hall–Kier alpha value is -2.30. The zero-order chi connectivity index (χ0) is 18.6. The van der Waals surface area contributed by atoms with E-state index in [0.29, 0.717) is 17.2 Å². The van der Waals surface area contributed by atoms with E-state index in [1.54, 1.807) is 29.6 Å². The lowest BCUT2D eigenvalue weighted by molar-refractivity contribution is -0.121. The summed E-state index contributed by atoms with van der Waals surface area (Å²) in [6, 6.07) is 8.37. The van der Waals surface area contributed by atoms with Gasteiger partial charge in [0.15, 0.2) is 11.5 Å². The quantitative estimate of drug-likeness (QED) is 0.674. The molecule has 0 unspecified atom stereocenters. The van der Waals surface area contributed by atoms with Crippen LogP contribution >= 0.6 is 11.3 Å². The molecule has 0 radical (unpaired) electrons. The number of fused-ring (bicyclic) bond motifs is 1. The highest BCUT2D eigenvalue weighted by atomic mass is 32.2. The van der Waals surface area contributed by atoms with Crippen molar-refractivity contribution in [3.63, 3.8) is 0 Å². The number of ether oxygens (including phenoxy) is 3. The molecule has 1 aromatic carbocycles. The van der Waals surface area contributed by atoms with Crippen LogP contribution in [0.15, 0.2) is 39.9 Å². The first-order valence-corrected chi connectivity index (χ1v) is 10.1. The minimum Gasteiger partial charge on any atom is -0.492 e. The molecular formula is C16H18N2O6S2. The van der Waals surface area contributed by atoms with Gasteiger partial charge in [-0.15, -0.1) is 11.3 Å². The summed E-state index contributed by atoms with van der Waals surface area (Å²) in [5.41, 5.74) is 0. The third-order valence-electron chi connectivity index (χ3n) is 3.56. The largest absolute Gasteiger partial charge is 0.492 e. The minimum absolute atomic E-state index is 0.191. The van der Waals surface area contributed by atoms with Crippen molar-refractivity contribution in [2.45, 2.75) is 4.21 Å². The van der Waals surface area contributed by atoms with Gasteiger partial charge in [-0.1, -0.05) is 6.07 Å². The molecule has 1 aliphatic heterocycles. The third-order valence-corrected chi connectivity index (χ3v) is 6.74. The van der Waals surface area contributed by atoms with Crippen LogP contribution in [0.4, 0.5) is 0 Å². The highest BCUT2D eigenvalue weighted by Crippen LogP contribution is 2.34. The fourth-order valence-corrected chi connectivity index (χ4v) is 4.56. The van der Waals surface area contributed by atoms with E-state index in [4.69, 9.17) is 14.2 Å². The molecule has 0 saturated carbocycles. The van der Waals surface area contributed by atoms with Gasteiger partial charge in [-0.05, 0) is 23.6 Å². The standard InChI is InChI=1S/C16H18N2O6S2/c1-18(26(20,21)16-3-2-8-25-16)10-15(19)17-6-7-22-12-4-5-13-14(9-12)24-11-23-13/h2-5,8-9H,6-7,10-11H2,1H3,(H,17,19). The molecule has 0 spiro atoms. The molecule has 0 fully saturated rings. The van der Waals surface area contributed by atoms with Gasteiger partial charge in [0.1, 0.15) is 16.6 Å². The van der Waals surface area contributed by atoms with Crippen molar-refractivity contribution in [3.05, 3.63) is 35.7 Å². The van der Waals surface area contributed by atoms with E-state index in [-0.39, 0.29) is 30.7 Å².